The number of carbonyl (C=O) groups excluding carboxylic acids is 1. The van der Waals surface area contributed by atoms with Gasteiger partial charge in [0.1, 0.15) is 10.5 Å². The zero-order valence-corrected chi connectivity index (χ0v) is 16.8. The van der Waals surface area contributed by atoms with Crippen LogP contribution in [0.2, 0.25) is 0 Å². The highest BCUT2D eigenvalue weighted by Crippen LogP contribution is 2.37. The molecule has 4 rings (SSSR count). The Morgan fingerprint density at radius 1 is 1.26 bits per heavy atom. The predicted octanol–water partition coefficient (Wildman–Crippen LogP) is 2.14. The highest BCUT2D eigenvalue weighted by molar-refractivity contribution is 7.89. The Balaban J connectivity index is 1.57. The summed E-state index contributed by atoms with van der Waals surface area (Å²) in [5.41, 5.74) is -0.677. The number of amides is 1. The topological polar surface area (TPSA) is 79.8 Å². The lowest BCUT2D eigenvalue weighted by Crippen LogP contribution is -2.54. The standard InChI is InChI=1S/C18H21N3O4S2/c1-13-5-6-14(26-13)17(22)21-10-7-18(8-11-21)12-20(2)27(23,24)15-4-3-9-19-16(15)25-18/h3-6,9H,7-8,10-12H2,1-2H3. The Morgan fingerprint density at radius 2 is 2.00 bits per heavy atom. The van der Waals surface area contributed by atoms with Crippen molar-refractivity contribution in [3.8, 4) is 5.88 Å². The van der Waals surface area contributed by atoms with Crippen LogP contribution in [0.4, 0.5) is 0 Å². The van der Waals surface area contributed by atoms with Gasteiger partial charge in [0.25, 0.3) is 5.91 Å². The van der Waals surface area contributed by atoms with Crippen LogP contribution in [0.15, 0.2) is 35.4 Å². The van der Waals surface area contributed by atoms with Gasteiger partial charge >= 0.3 is 0 Å². The summed E-state index contributed by atoms with van der Waals surface area (Å²) in [6.45, 7) is 3.26. The van der Waals surface area contributed by atoms with E-state index in [9.17, 15) is 13.2 Å². The second-order valence-corrected chi connectivity index (χ2v) is 10.4. The van der Waals surface area contributed by atoms with Gasteiger partial charge in [-0.3, -0.25) is 4.79 Å². The monoisotopic (exact) mass is 407 g/mol. The molecule has 2 aliphatic rings. The van der Waals surface area contributed by atoms with Crippen molar-refractivity contribution >= 4 is 27.3 Å². The highest BCUT2D eigenvalue weighted by Gasteiger charge is 2.45. The van der Waals surface area contributed by atoms with Crippen molar-refractivity contribution in [1.82, 2.24) is 14.2 Å². The minimum Gasteiger partial charge on any atom is -0.469 e. The Bertz CT molecular complexity index is 978. The van der Waals surface area contributed by atoms with Crippen molar-refractivity contribution in [2.75, 3.05) is 26.7 Å². The van der Waals surface area contributed by atoms with Gasteiger partial charge in [-0.2, -0.15) is 4.31 Å². The number of ether oxygens (including phenoxy) is 1. The molecule has 9 heteroatoms. The average molecular weight is 408 g/mol. The molecule has 0 atom stereocenters. The lowest BCUT2D eigenvalue weighted by molar-refractivity contribution is -0.00660. The maximum absolute atomic E-state index is 12.8. The number of thiophene rings is 1. The number of aryl methyl sites for hydroxylation is 1. The third-order valence-corrected chi connectivity index (χ3v) is 7.97. The van der Waals surface area contributed by atoms with E-state index in [4.69, 9.17) is 4.74 Å². The number of hydrogen-bond donors (Lipinski definition) is 0. The number of hydrogen-bond acceptors (Lipinski definition) is 6. The molecule has 2 aromatic rings. The molecule has 1 amide bonds. The fraction of sp³-hybridized carbons (Fsp3) is 0.444. The summed E-state index contributed by atoms with van der Waals surface area (Å²) < 4.78 is 33.0. The molecular weight excluding hydrogens is 386 g/mol. The number of aromatic nitrogens is 1. The average Bonchev–Trinajstić information content (AvgIpc) is 3.05. The van der Waals surface area contributed by atoms with Gasteiger partial charge < -0.3 is 9.64 Å². The molecule has 7 nitrogen and oxygen atoms in total. The van der Waals surface area contributed by atoms with Crippen LogP contribution in [0, 0.1) is 6.92 Å². The molecule has 0 radical (unpaired) electrons. The molecule has 1 spiro atoms. The lowest BCUT2D eigenvalue weighted by atomic mass is 9.90. The summed E-state index contributed by atoms with van der Waals surface area (Å²) in [5.74, 6) is 0.173. The van der Waals surface area contributed by atoms with Gasteiger partial charge in [-0.05, 0) is 31.2 Å². The molecule has 2 aromatic heterocycles. The normalized spacial score (nSPS) is 21.3. The molecule has 0 unspecified atom stereocenters. The van der Waals surface area contributed by atoms with Gasteiger partial charge in [-0.15, -0.1) is 11.3 Å². The van der Waals surface area contributed by atoms with Crippen LogP contribution in [0.25, 0.3) is 0 Å². The van der Waals surface area contributed by atoms with E-state index in [0.717, 1.165) is 9.75 Å². The SMILES string of the molecule is Cc1ccc(C(=O)N2CCC3(CC2)CN(C)S(=O)(=O)c2cccnc2O3)s1. The summed E-state index contributed by atoms with van der Waals surface area (Å²) in [7, 11) is -2.07. The molecule has 0 saturated carbocycles. The number of likely N-dealkylation sites (tertiary alicyclic amines) is 1. The molecule has 1 saturated heterocycles. The van der Waals surface area contributed by atoms with Crippen molar-refractivity contribution in [3.05, 3.63) is 40.2 Å². The van der Waals surface area contributed by atoms with E-state index < -0.39 is 15.6 Å². The second kappa shape index (κ2) is 6.57. The number of nitrogens with zero attached hydrogens (tertiary/aromatic N) is 3. The first-order chi connectivity index (χ1) is 12.8. The Kier molecular flexibility index (Phi) is 4.48. The maximum Gasteiger partial charge on any atom is 0.263 e. The van der Waals surface area contributed by atoms with E-state index in [-0.39, 0.29) is 23.2 Å². The van der Waals surface area contributed by atoms with Gasteiger partial charge in [-0.25, -0.2) is 13.4 Å². The minimum atomic E-state index is -3.64. The Morgan fingerprint density at radius 3 is 2.67 bits per heavy atom. The Labute approximate surface area is 162 Å². The van der Waals surface area contributed by atoms with Crippen molar-refractivity contribution < 1.29 is 17.9 Å². The number of piperidine rings is 1. The number of fused-ring (bicyclic) bond motifs is 1. The van der Waals surface area contributed by atoms with Crippen LogP contribution >= 0.6 is 11.3 Å². The van der Waals surface area contributed by atoms with Crippen molar-refractivity contribution in [1.29, 1.82) is 0 Å². The lowest BCUT2D eigenvalue weighted by Gasteiger charge is -2.41. The first kappa shape index (κ1) is 18.4. The van der Waals surface area contributed by atoms with Gasteiger partial charge in [0.2, 0.25) is 15.9 Å². The summed E-state index contributed by atoms with van der Waals surface area (Å²) >= 11 is 1.49. The van der Waals surface area contributed by atoms with Crippen LogP contribution in [0.5, 0.6) is 5.88 Å². The van der Waals surface area contributed by atoms with Gasteiger partial charge in [0.05, 0.1) is 11.4 Å². The third kappa shape index (κ3) is 3.24. The molecule has 2 aliphatic heterocycles. The van der Waals surface area contributed by atoms with Gasteiger partial charge in [0.15, 0.2) is 0 Å². The second-order valence-electron chi connectivity index (χ2n) is 7.06. The zero-order chi connectivity index (χ0) is 19.2. The number of pyridine rings is 1. The van der Waals surface area contributed by atoms with Crippen LogP contribution in [-0.4, -0.2) is 60.8 Å². The fourth-order valence-electron chi connectivity index (χ4n) is 3.63. The van der Waals surface area contributed by atoms with Crippen LogP contribution in [0.3, 0.4) is 0 Å². The maximum atomic E-state index is 12.8. The molecule has 0 bridgehead atoms. The number of sulfonamides is 1. The first-order valence-electron chi connectivity index (χ1n) is 8.77. The van der Waals surface area contributed by atoms with Crippen molar-refractivity contribution in [3.63, 3.8) is 0 Å². The van der Waals surface area contributed by atoms with E-state index in [2.05, 4.69) is 4.98 Å². The van der Waals surface area contributed by atoms with Crippen LogP contribution in [-0.2, 0) is 10.0 Å². The summed E-state index contributed by atoms with van der Waals surface area (Å²) in [5, 5.41) is 0. The van der Waals surface area contributed by atoms with Crippen molar-refractivity contribution in [2.24, 2.45) is 0 Å². The molecule has 1 fully saturated rings. The quantitative estimate of drug-likeness (QED) is 0.724. The fourth-order valence-corrected chi connectivity index (χ4v) is 5.77. The summed E-state index contributed by atoms with van der Waals surface area (Å²) in [6.07, 6.45) is 2.64. The molecule has 0 aromatic carbocycles. The number of likely N-dealkylation sites (N-methyl/N-ethyl adjacent to an activating group) is 1. The molecule has 0 aliphatic carbocycles. The van der Waals surface area contributed by atoms with Gasteiger partial charge in [0, 0.05) is 44.1 Å². The molecule has 27 heavy (non-hydrogen) atoms. The van der Waals surface area contributed by atoms with Crippen molar-refractivity contribution in [2.45, 2.75) is 30.3 Å². The van der Waals surface area contributed by atoms with Gasteiger partial charge in [-0.1, -0.05) is 0 Å². The van der Waals surface area contributed by atoms with E-state index >= 15 is 0 Å². The molecule has 4 heterocycles. The van der Waals surface area contributed by atoms with E-state index in [1.807, 2.05) is 24.0 Å². The predicted molar refractivity (Wildman–Crippen MR) is 102 cm³/mol. The molecule has 144 valence electrons. The van der Waals surface area contributed by atoms with E-state index in [0.29, 0.717) is 25.9 Å². The molecular formula is C18H21N3O4S2. The van der Waals surface area contributed by atoms with Crippen LogP contribution < -0.4 is 4.74 Å². The number of carbonyl (C=O) groups is 1. The smallest absolute Gasteiger partial charge is 0.263 e. The third-order valence-electron chi connectivity index (χ3n) is 5.16. The summed E-state index contributed by atoms with van der Waals surface area (Å²) in [6, 6.07) is 6.91. The van der Waals surface area contributed by atoms with E-state index in [1.54, 1.807) is 13.1 Å². The largest absolute Gasteiger partial charge is 0.469 e. The minimum absolute atomic E-state index is 0.0241. The highest BCUT2D eigenvalue weighted by atomic mass is 32.2. The van der Waals surface area contributed by atoms with Crippen LogP contribution in [0.1, 0.15) is 27.4 Å². The first-order valence-corrected chi connectivity index (χ1v) is 11.0. The molecule has 0 N–H and O–H groups in total. The zero-order valence-electron chi connectivity index (χ0n) is 15.2. The Hall–Kier alpha value is -1.97. The number of rotatable bonds is 1. The summed E-state index contributed by atoms with van der Waals surface area (Å²) in [4.78, 5) is 20.6. The van der Waals surface area contributed by atoms with E-state index in [1.165, 1.54) is 27.9 Å².